The van der Waals surface area contributed by atoms with Crippen LogP contribution in [0.25, 0.3) is 0 Å². The number of nitrogens with one attached hydrogen (secondary N) is 1. The summed E-state index contributed by atoms with van der Waals surface area (Å²) in [6.07, 6.45) is 3.95. The molecule has 0 unspecified atom stereocenters. The van der Waals surface area contributed by atoms with Crippen molar-refractivity contribution in [3.05, 3.63) is 29.8 Å². The smallest absolute Gasteiger partial charge is 0.258 e. The molecule has 0 aromatic heterocycles. The Morgan fingerprint density at radius 3 is 2.52 bits per heavy atom. The van der Waals surface area contributed by atoms with Gasteiger partial charge in [-0.2, -0.15) is 0 Å². The van der Waals surface area contributed by atoms with Crippen LogP contribution < -0.4 is 10.1 Å². The van der Waals surface area contributed by atoms with Crippen LogP contribution >= 0.6 is 0 Å². The molecule has 0 heterocycles. The van der Waals surface area contributed by atoms with Gasteiger partial charge in [-0.3, -0.25) is 9.59 Å². The third-order valence-electron chi connectivity index (χ3n) is 4.92. The van der Waals surface area contributed by atoms with Gasteiger partial charge in [0.15, 0.2) is 12.4 Å². The molecule has 1 aromatic carbocycles. The third kappa shape index (κ3) is 4.81. The van der Waals surface area contributed by atoms with Gasteiger partial charge in [-0.25, -0.2) is 0 Å². The van der Waals surface area contributed by atoms with Crippen molar-refractivity contribution in [2.75, 3.05) is 6.61 Å². The van der Waals surface area contributed by atoms with E-state index in [-0.39, 0.29) is 24.3 Å². The summed E-state index contributed by atoms with van der Waals surface area (Å²) >= 11 is 0. The monoisotopic (exact) mass is 317 g/mol. The molecule has 1 amide bonds. The van der Waals surface area contributed by atoms with Crippen molar-refractivity contribution in [2.24, 2.45) is 11.8 Å². The van der Waals surface area contributed by atoms with Crippen LogP contribution in [0.15, 0.2) is 24.3 Å². The van der Waals surface area contributed by atoms with E-state index in [2.05, 4.69) is 19.2 Å². The fourth-order valence-corrected chi connectivity index (χ4v) is 3.12. The molecule has 0 spiro atoms. The number of rotatable bonds is 6. The van der Waals surface area contributed by atoms with Crippen LogP contribution in [0, 0.1) is 11.8 Å². The Morgan fingerprint density at radius 1 is 1.17 bits per heavy atom. The van der Waals surface area contributed by atoms with Gasteiger partial charge in [0.25, 0.3) is 5.91 Å². The fraction of sp³-hybridized carbons (Fsp3) is 0.579. The van der Waals surface area contributed by atoms with Gasteiger partial charge in [0.1, 0.15) is 5.75 Å². The van der Waals surface area contributed by atoms with Gasteiger partial charge in [0.05, 0.1) is 0 Å². The van der Waals surface area contributed by atoms with Crippen LogP contribution in [0.3, 0.4) is 0 Å². The number of Topliss-reactive ketones (excluding diaryl/α,β-unsaturated/α-hetero) is 1. The second-order valence-electron chi connectivity index (χ2n) is 6.53. The minimum Gasteiger partial charge on any atom is -0.484 e. The van der Waals surface area contributed by atoms with Crippen molar-refractivity contribution in [2.45, 2.75) is 52.5 Å². The van der Waals surface area contributed by atoms with Gasteiger partial charge in [-0.1, -0.05) is 33.6 Å². The molecule has 3 atom stereocenters. The first-order valence-corrected chi connectivity index (χ1v) is 8.56. The highest BCUT2D eigenvalue weighted by atomic mass is 16.5. The van der Waals surface area contributed by atoms with E-state index >= 15 is 0 Å². The van der Waals surface area contributed by atoms with Gasteiger partial charge in [0, 0.05) is 18.0 Å². The second kappa shape index (κ2) is 8.14. The molecule has 1 aromatic rings. The third-order valence-corrected chi connectivity index (χ3v) is 4.92. The van der Waals surface area contributed by atoms with E-state index in [1.165, 1.54) is 12.8 Å². The molecule has 126 valence electrons. The maximum atomic E-state index is 12.1. The molecular weight excluding hydrogens is 290 g/mol. The SMILES string of the molecule is CCC(=O)c1ccc(OCC(=O)N[C@@H]2CCC[C@@H](C)[C@@H]2C)cc1. The molecule has 1 N–H and O–H groups in total. The van der Waals surface area contributed by atoms with E-state index in [1.807, 2.05) is 6.92 Å². The minimum absolute atomic E-state index is 0.0126. The van der Waals surface area contributed by atoms with Crippen molar-refractivity contribution < 1.29 is 14.3 Å². The lowest BCUT2D eigenvalue weighted by molar-refractivity contribution is -0.124. The van der Waals surface area contributed by atoms with Gasteiger partial charge in [0.2, 0.25) is 0 Å². The summed E-state index contributed by atoms with van der Waals surface area (Å²) in [5.74, 6) is 1.79. The maximum absolute atomic E-state index is 12.1. The van der Waals surface area contributed by atoms with Gasteiger partial charge in [-0.05, 0) is 42.5 Å². The van der Waals surface area contributed by atoms with Crippen molar-refractivity contribution in [3.63, 3.8) is 0 Å². The van der Waals surface area contributed by atoms with Crippen LogP contribution in [0.5, 0.6) is 5.75 Å². The lowest BCUT2D eigenvalue weighted by Crippen LogP contribution is -2.45. The number of carbonyl (C=O) groups is 2. The number of benzene rings is 1. The minimum atomic E-state index is -0.0790. The maximum Gasteiger partial charge on any atom is 0.258 e. The fourth-order valence-electron chi connectivity index (χ4n) is 3.12. The number of carbonyl (C=O) groups excluding carboxylic acids is 2. The Hall–Kier alpha value is -1.84. The van der Waals surface area contributed by atoms with E-state index in [4.69, 9.17) is 4.74 Å². The summed E-state index contributed by atoms with van der Waals surface area (Å²) < 4.78 is 5.52. The zero-order valence-corrected chi connectivity index (χ0v) is 14.3. The summed E-state index contributed by atoms with van der Waals surface area (Å²) in [6.45, 7) is 6.31. The highest BCUT2D eigenvalue weighted by Crippen LogP contribution is 2.29. The number of hydrogen-bond acceptors (Lipinski definition) is 3. The van der Waals surface area contributed by atoms with Crippen LogP contribution in [0.1, 0.15) is 56.8 Å². The zero-order valence-electron chi connectivity index (χ0n) is 14.3. The lowest BCUT2D eigenvalue weighted by Gasteiger charge is -2.34. The van der Waals surface area contributed by atoms with Crippen molar-refractivity contribution >= 4 is 11.7 Å². The average Bonchev–Trinajstić information content (AvgIpc) is 2.57. The number of hydrogen-bond donors (Lipinski definition) is 1. The first kappa shape index (κ1) is 17.5. The standard InChI is InChI=1S/C19H27NO3/c1-4-18(21)15-8-10-16(11-9-15)23-12-19(22)20-17-7-5-6-13(2)14(17)3/h8-11,13-14,17H,4-7,12H2,1-3H3,(H,20,22)/t13-,14+,17-/m1/s1. The molecule has 4 nitrogen and oxygen atoms in total. The Labute approximate surface area is 138 Å². The molecule has 1 aliphatic rings. The first-order valence-electron chi connectivity index (χ1n) is 8.56. The Bertz CT molecular complexity index is 538. The number of ketones is 1. The van der Waals surface area contributed by atoms with Crippen LogP contribution in [-0.4, -0.2) is 24.3 Å². The molecule has 0 aliphatic heterocycles. The van der Waals surface area contributed by atoms with E-state index in [0.29, 0.717) is 29.6 Å². The molecule has 2 rings (SSSR count). The predicted octanol–water partition coefficient (Wildman–Crippen LogP) is 3.60. The van der Waals surface area contributed by atoms with Crippen molar-refractivity contribution in [3.8, 4) is 5.75 Å². The Kier molecular flexibility index (Phi) is 6.20. The summed E-state index contributed by atoms with van der Waals surface area (Å²) in [5, 5.41) is 3.09. The highest BCUT2D eigenvalue weighted by Gasteiger charge is 2.28. The first-order chi connectivity index (χ1) is 11.0. The second-order valence-corrected chi connectivity index (χ2v) is 6.53. The summed E-state index contributed by atoms with van der Waals surface area (Å²) in [5.41, 5.74) is 0.675. The van der Waals surface area contributed by atoms with Gasteiger partial charge >= 0.3 is 0 Å². The molecule has 0 bridgehead atoms. The molecule has 0 radical (unpaired) electrons. The Morgan fingerprint density at radius 2 is 1.87 bits per heavy atom. The van der Waals surface area contributed by atoms with E-state index in [9.17, 15) is 9.59 Å². The molecular formula is C19H27NO3. The molecule has 4 heteroatoms. The van der Waals surface area contributed by atoms with E-state index in [0.717, 1.165) is 6.42 Å². The van der Waals surface area contributed by atoms with Crippen LogP contribution in [-0.2, 0) is 4.79 Å². The predicted molar refractivity (Wildman–Crippen MR) is 90.7 cm³/mol. The van der Waals surface area contributed by atoms with Crippen LogP contribution in [0.2, 0.25) is 0 Å². The lowest BCUT2D eigenvalue weighted by atomic mass is 9.78. The van der Waals surface area contributed by atoms with E-state index < -0.39 is 0 Å². The molecule has 0 saturated heterocycles. The topological polar surface area (TPSA) is 55.4 Å². The Balaban J connectivity index is 1.81. The van der Waals surface area contributed by atoms with Gasteiger partial charge in [-0.15, -0.1) is 0 Å². The summed E-state index contributed by atoms with van der Waals surface area (Å²) in [4.78, 5) is 23.6. The average molecular weight is 317 g/mol. The van der Waals surface area contributed by atoms with Crippen molar-refractivity contribution in [1.29, 1.82) is 0 Å². The number of amides is 1. The zero-order chi connectivity index (χ0) is 16.8. The summed E-state index contributed by atoms with van der Waals surface area (Å²) in [7, 11) is 0. The molecule has 1 saturated carbocycles. The molecule has 23 heavy (non-hydrogen) atoms. The van der Waals surface area contributed by atoms with Crippen LogP contribution in [0.4, 0.5) is 0 Å². The highest BCUT2D eigenvalue weighted by molar-refractivity contribution is 5.95. The summed E-state index contributed by atoms with van der Waals surface area (Å²) in [6, 6.07) is 7.20. The van der Waals surface area contributed by atoms with Crippen molar-refractivity contribution in [1.82, 2.24) is 5.32 Å². The molecule has 1 fully saturated rings. The number of ether oxygens (including phenoxy) is 1. The van der Waals surface area contributed by atoms with E-state index in [1.54, 1.807) is 24.3 Å². The largest absolute Gasteiger partial charge is 0.484 e. The quantitative estimate of drug-likeness (QED) is 0.816. The van der Waals surface area contributed by atoms with Gasteiger partial charge < -0.3 is 10.1 Å². The normalized spacial score (nSPS) is 24.0. The molecule has 1 aliphatic carbocycles.